The van der Waals surface area contributed by atoms with Crippen LogP contribution in [0.25, 0.3) is 0 Å². The summed E-state index contributed by atoms with van der Waals surface area (Å²) in [6.45, 7) is 0.289. The molecule has 0 aromatic rings. The van der Waals surface area contributed by atoms with Gasteiger partial charge in [-0.3, -0.25) is 19.2 Å². The van der Waals surface area contributed by atoms with E-state index in [1.807, 2.05) is 0 Å². The molecule has 2 rings (SSSR count). The fourth-order valence-corrected chi connectivity index (χ4v) is 2.27. The monoisotopic (exact) mass is 268 g/mol. The van der Waals surface area contributed by atoms with E-state index in [1.165, 1.54) is 4.90 Å². The minimum atomic E-state index is -0.576. The number of likely N-dealkylation sites (tertiary alicyclic amines) is 1. The molecule has 8 nitrogen and oxygen atoms in total. The summed E-state index contributed by atoms with van der Waals surface area (Å²) in [4.78, 5) is 46.6. The van der Waals surface area contributed by atoms with Crippen molar-refractivity contribution in [2.24, 2.45) is 5.73 Å². The number of primary amides is 1. The van der Waals surface area contributed by atoms with Crippen LogP contribution < -0.4 is 16.4 Å². The van der Waals surface area contributed by atoms with Gasteiger partial charge < -0.3 is 21.3 Å². The van der Waals surface area contributed by atoms with Gasteiger partial charge in [-0.15, -0.1) is 0 Å². The molecule has 0 radical (unpaired) electrons. The number of nitrogens with zero attached hydrogens (tertiary/aromatic N) is 1. The highest BCUT2D eigenvalue weighted by atomic mass is 16.2. The van der Waals surface area contributed by atoms with Crippen LogP contribution in [0.4, 0.5) is 0 Å². The highest BCUT2D eigenvalue weighted by Gasteiger charge is 2.34. The first kappa shape index (κ1) is 13.3. The van der Waals surface area contributed by atoms with E-state index in [2.05, 4.69) is 10.6 Å². The zero-order valence-electron chi connectivity index (χ0n) is 10.3. The summed E-state index contributed by atoms with van der Waals surface area (Å²) in [6.07, 6.45) is 1.44. The predicted molar refractivity (Wildman–Crippen MR) is 63.5 cm³/mol. The van der Waals surface area contributed by atoms with E-state index in [-0.39, 0.29) is 30.7 Å². The van der Waals surface area contributed by atoms with Crippen molar-refractivity contribution in [3.8, 4) is 0 Å². The molecule has 104 valence electrons. The summed E-state index contributed by atoms with van der Waals surface area (Å²) < 4.78 is 0. The van der Waals surface area contributed by atoms with Gasteiger partial charge in [0.15, 0.2) is 0 Å². The number of nitrogens with one attached hydrogen (secondary N) is 2. The third-order valence-electron chi connectivity index (χ3n) is 3.36. The third kappa shape index (κ3) is 2.83. The van der Waals surface area contributed by atoms with Crippen molar-refractivity contribution in [1.82, 2.24) is 15.5 Å². The number of hydrogen-bond acceptors (Lipinski definition) is 4. The van der Waals surface area contributed by atoms with Gasteiger partial charge in [-0.25, -0.2) is 0 Å². The standard InChI is InChI=1S/C11H16N4O4/c12-10(18)7-2-1-3-15(7)9(17)5-13-11(19)6-4-8(16)14-6/h6-7H,1-5H2,(H2,12,18)(H,13,19)(H,14,16)/t6?,7-/m1/s1. The van der Waals surface area contributed by atoms with Crippen LogP contribution in [0, 0.1) is 0 Å². The number of amides is 4. The summed E-state index contributed by atoms with van der Waals surface area (Å²) in [5, 5.41) is 4.86. The zero-order chi connectivity index (χ0) is 14.0. The second kappa shape index (κ2) is 5.25. The molecule has 0 aromatic heterocycles. The Hall–Kier alpha value is -2.12. The minimum absolute atomic E-state index is 0.146. The van der Waals surface area contributed by atoms with Gasteiger partial charge in [0.2, 0.25) is 23.6 Å². The van der Waals surface area contributed by atoms with Gasteiger partial charge in [0, 0.05) is 6.54 Å². The van der Waals surface area contributed by atoms with E-state index < -0.39 is 18.0 Å². The van der Waals surface area contributed by atoms with E-state index >= 15 is 0 Å². The first-order chi connectivity index (χ1) is 8.99. The first-order valence-corrected chi connectivity index (χ1v) is 6.15. The van der Waals surface area contributed by atoms with E-state index in [0.717, 1.165) is 6.42 Å². The third-order valence-corrected chi connectivity index (χ3v) is 3.36. The SMILES string of the molecule is NC(=O)[C@H]1CCCN1C(=O)CNC(=O)C1CC(=O)N1. The average Bonchev–Trinajstić information content (AvgIpc) is 2.80. The molecule has 2 atom stereocenters. The van der Waals surface area contributed by atoms with E-state index in [4.69, 9.17) is 5.73 Å². The Labute approximate surface area is 109 Å². The van der Waals surface area contributed by atoms with Gasteiger partial charge in [-0.1, -0.05) is 0 Å². The molecule has 0 saturated carbocycles. The number of carbonyl (C=O) groups excluding carboxylic acids is 4. The molecule has 1 unspecified atom stereocenters. The minimum Gasteiger partial charge on any atom is -0.368 e. The average molecular weight is 268 g/mol. The summed E-state index contributed by atoms with van der Waals surface area (Å²) in [7, 11) is 0. The Morgan fingerprint density at radius 1 is 1.42 bits per heavy atom. The number of hydrogen-bond donors (Lipinski definition) is 3. The van der Waals surface area contributed by atoms with Crippen molar-refractivity contribution in [2.45, 2.75) is 31.3 Å². The summed E-state index contributed by atoms with van der Waals surface area (Å²) in [5.41, 5.74) is 5.21. The molecule has 0 aromatic carbocycles. The molecule has 2 aliphatic heterocycles. The van der Waals surface area contributed by atoms with Crippen LogP contribution in [0.2, 0.25) is 0 Å². The molecule has 0 aliphatic carbocycles. The Kier molecular flexibility index (Phi) is 3.68. The topological polar surface area (TPSA) is 122 Å². The largest absolute Gasteiger partial charge is 0.368 e. The van der Waals surface area contributed by atoms with Crippen molar-refractivity contribution in [2.75, 3.05) is 13.1 Å². The summed E-state index contributed by atoms with van der Waals surface area (Å²) >= 11 is 0. The molecule has 4 N–H and O–H groups in total. The fraction of sp³-hybridized carbons (Fsp3) is 0.636. The lowest BCUT2D eigenvalue weighted by molar-refractivity contribution is -0.140. The fourth-order valence-electron chi connectivity index (χ4n) is 2.27. The quantitative estimate of drug-likeness (QED) is 0.486. The normalized spacial score (nSPS) is 25.5. The predicted octanol–water partition coefficient (Wildman–Crippen LogP) is -2.53. The Bertz CT molecular complexity index is 428. The maximum absolute atomic E-state index is 11.9. The van der Waals surface area contributed by atoms with Crippen LogP contribution in [0.5, 0.6) is 0 Å². The number of carbonyl (C=O) groups is 4. The van der Waals surface area contributed by atoms with E-state index in [1.54, 1.807) is 0 Å². The van der Waals surface area contributed by atoms with Gasteiger partial charge in [0.05, 0.1) is 13.0 Å². The number of nitrogens with two attached hydrogens (primary N) is 1. The zero-order valence-corrected chi connectivity index (χ0v) is 10.3. The maximum Gasteiger partial charge on any atom is 0.243 e. The highest BCUT2D eigenvalue weighted by Crippen LogP contribution is 2.16. The van der Waals surface area contributed by atoms with Gasteiger partial charge >= 0.3 is 0 Å². The molecular weight excluding hydrogens is 252 g/mol. The maximum atomic E-state index is 11.9. The Morgan fingerprint density at radius 3 is 2.68 bits per heavy atom. The molecule has 2 heterocycles. The van der Waals surface area contributed by atoms with Crippen LogP contribution in [0.1, 0.15) is 19.3 Å². The van der Waals surface area contributed by atoms with E-state index in [9.17, 15) is 19.2 Å². The number of rotatable bonds is 4. The van der Waals surface area contributed by atoms with Crippen molar-refractivity contribution >= 4 is 23.6 Å². The highest BCUT2D eigenvalue weighted by molar-refractivity contribution is 5.98. The van der Waals surface area contributed by atoms with Gasteiger partial charge in [-0.05, 0) is 12.8 Å². The molecule has 2 saturated heterocycles. The lowest BCUT2D eigenvalue weighted by atomic mass is 10.1. The van der Waals surface area contributed by atoms with Crippen molar-refractivity contribution < 1.29 is 19.2 Å². The van der Waals surface area contributed by atoms with E-state index in [0.29, 0.717) is 13.0 Å². The van der Waals surface area contributed by atoms with Crippen LogP contribution in [0.15, 0.2) is 0 Å². The van der Waals surface area contributed by atoms with Crippen molar-refractivity contribution in [3.63, 3.8) is 0 Å². The van der Waals surface area contributed by atoms with Crippen LogP contribution in [-0.4, -0.2) is 53.7 Å². The van der Waals surface area contributed by atoms with Crippen molar-refractivity contribution in [3.05, 3.63) is 0 Å². The summed E-state index contributed by atoms with van der Waals surface area (Å²) in [5.74, 6) is -1.42. The molecule has 0 bridgehead atoms. The lowest BCUT2D eigenvalue weighted by Crippen LogP contribution is -2.58. The Morgan fingerprint density at radius 2 is 2.11 bits per heavy atom. The van der Waals surface area contributed by atoms with Crippen molar-refractivity contribution in [1.29, 1.82) is 0 Å². The molecule has 4 amide bonds. The molecule has 0 spiro atoms. The second-order valence-corrected chi connectivity index (χ2v) is 4.69. The van der Waals surface area contributed by atoms with Crippen LogP contribution in [-0.2, 0) is 19.2 Å². The van der Waals surface area contributed by atoms with Gasteiger partial charge in [0.1, 0.15) is 12.1 Å². The molecule has 2 aliphatic rings. The second-order valence-electron chi connectivity index (χ2n) is 4.69. The molecule has 2 fully saturated rings. The molecule has 19 heavy (non-hydrogen) atoms. The Balaban J connectivity index is 1.79. The molecule has 8 heteroatoms. The van der Waals surface area contributed by atoms with Crippen LogP contribution >= 0.6 is 0 Å². The number of β-lactam (4-membered cyclic amide) rings is 1. The van der Waals surface area contributed by atoms with Crippen LogP contribution in [0.3, 0.4) is 0 Å². The lowest BCUT2D eigenvalue weighted by Gasteiger charge is -2.26. The molecular formula is C11H16N4O4. The smallest absolute Gasteiger partial charge is 0.243 e. The summed E-state index contributed by atoms with van der Waals surface area (Å²) in [6, 6.07) is -1.13. The van der Waals surface area contributed by atoms with Gasteiger partial charge in [-0.2, -0.15) is 0 Å². The van der Waals surface area contributed by atoms with Gasteiger partial charge in [0.25, 0.3) is 0 Å². The first-order valence-electron chi connectivity index (χ1n) is 6.15.